The smallest absolute Gasteiger partial charge is 0.311 e. The van der Waals surface area contributed by atoms with E-state index >= 15 is 0 Å². The SMILES string of the molecule is CCCOc1ccc(/C=N/NC(=O)C23CC4CC(C)(CC(C)(C4)C2)C3)cc1[N+](=O)[O-]. The van der Waals surface area contributed by atoms with Crippen LogP contribution in [0.5, 0.6) is 5.75 Å². The topological polar surface area (TPSA) is 93.8 Å². The van der Waals surface area contributed by atoms with E-state index in [1.807, 2.05) is 6.92 Å². The van der Waals surface area contributed by atoms with Crippen LogP contribution in [-0.2, 0) is 4.79 Å². The van der Waals surface area contributed by atoms with Crippen LogP contribution in [0, 0.1) is 32.3 Å². The summed E-state index contributed by atoms with van der Waals surface area (Å²) in [6.45, 7) is 7.04. The number of hydrogen-bond acceptors (Lipinski definition) is 5. The van der Waals surface area contributed by atoms with Gasteiger partial charge in [0.05, 0.1) is 23.2 Å². The van der Waals surface area contributed by atoms with Gasteiger partial charge in [0.15, 0.2) is 5.75 Å². The summed E-state index contributed by atoms with van der Waals surface area (Å²) in [5.41, 5.74) is 3.38. The Kier molecular flexibility index (Phi) is 5.11. The highest BCUT2D eigenvalue weighted by molar-refractivity contribution is 5.86. The van der Waals surface area contributed by atoms with Crippen LogP contribution in [0.2, 0.25) is 0 Å². The number of benzene rings is 1. The standard InChI is InChI=1S/C23H31N3O4/c1-4-7-30-19-6-5-16(8-18(19)26(28)29)12-24-25-20(27)23-11-17-9-21(2,14-23)13-22(3,10-17)15-23/h5-6,8,12,17H,4,7,9-11,13-15H2,1-3H3,(H,25,27)/b24-12+. The molecule has 1 aromatic carbocycles. The first-order valence-electron chi connectivity index (χ1n) is 10.9. The molecular weight excluding hydrogens is 382 g/mol. The molecule has 2 atom stereocenters. The minimum absolute atomic E-state index is 0.00213. The van der Waals surface area contributed by atoms with Gasteiger partial charge in [-0.1, -0.05) is 20.8 Å². The van der Waals surface area contributed by atoms with E-state index in [9.17, 15) is 14.9 Å². The van der Waals surface area contributed by atoms with E-state index in [-0.39, 0.29) is 33.6 Å². The highest BCUT2D eigenvalue weighted by atomic mass is 16.6. The monoisotopic (exact) mass is 413 g/mol. The summed E-state index contributed by atoms with van der Waals surface area (Å²) in [5, 5.41) is 15.5. The Morgan fingerprint density at radius 1 is 1.27 bits per heavy atom. The minimum atomic E-state index is -0.461. The van der Waals surface area contributed by atoms with Crippen LogP contribution in [0.3, 0.4) is 0 Å². The quantitative estimate of drug-likeness (QED) is 0.393. The molecule has 4 fully saturated rings. The van der Waals surface area contributed by atoms with Crippen LogP contribution in [0.25, 0.3) is 0 Å². The number of rotatable bonds is 7. The first kappa shape index (κ1) is 20.8. The molecule has 0 spiro atoms. The molecule has 0 heterocycles. The molecule has 0 radical (unpaired) electrons. The van der Waals surface area contributed by atoms with Gasteiger partial charge >= 0.3 is 5.69 Å². The molecule has 4 aliphatic carbocycles. The molecule has 0 saturated heterocycles. The van der Waals surface area contributed by atoms with E-state index < -0.39 is 4.92 Å². The van der Waals surface area contributed by atoms with Gasteiger partial charge < -0.3 is 4.74 Å². The van der Waals surface area contributed by atoms with Crippen molar-refractivity contribution in [1.29, 1.82) is 0 Å². The van der Waals surface area contributed by atoms with Gasteiger partial charge in [-0.25, -0.2) is 5.43 Å². The predicted molar refractivity (Wildman–Crippen MR) is 114 cm³/mol. The number of nitrogens with zero attached hydrogens (tertiary/aromatic N) is 2. The van der Waals surface area contributed by atoms with Crippen LogP contribution in [0.4, 0.5) is 5.69 Å². The number of nitro groups is 1. The van der Waals surface area contributed by atoms with Crippen molar-refractivity contribution < 1.29 is 14.5 Å². The van der Waals surface area contributed by atoms with E-state index in [0.29, 0.717) is 18.1 Å². The van der Waals surface area contributed by atoms with Crippen LogP contribution < -0.4 is 10.2 Å². The maximum Gasteiger partial charge on any atom is 0.311 e. The Morgan fingerprint density at radius 2 is 1.97 bits per heavy atom. The van der Waals surface area contributed by atoms with Crippen molar-refractivity contribution in [1.82, 2.24) is 5.43 Å². The third kappa shape index (κ3) is 3.82. The largest absolute Gasteiger partial charge is 0.487 e. The summed E-state index contributed by atoms with van der Waals surface area (Å²) < 4.78 is 5.45. The van der Waals surface area contributed by atoms with Crippen LogP contribution in [0.1, 0.15) is 71.3 Å². The van der Waals surface area contributed by atoms with Gasteiger partial charge in [-0.15, -0.1) is 0 Å². The number of amides is 1. The van der Waals surface area contributed by atoms with Crippen LogP contribution in [0.15, 0.2) is 23.3 Å². The van der Waals surface area contributed by atoms with Crippen molar-refractivity contribution in [3.8, 4) is 5.75 Å². The molecule has 4 aliphatic rings. The molecular formula is C23H31N3O4. The fourth-order valence-electron chi connectivity index (χ4n) is 7.08. The van der Waals surface area contributed by atoms with Crippen molar-refractivity contribution in [2.24, 2.45) is 27.3 Å². The van der Waals surface area contributed by atoms with Crippen LogP contribution >= 0.6 is 0 Å². The Morgan fingerprint density at radius 3 is 2.57 bits per heavy atom. The third-order valence-electron chi connectivity index (χ3n) is 7.13. The fourth-order valence-corrected chi connectivity index (χ4v) is 7.08. The second kappa shape index (κ2) is 7.36. The summed E-state index contributed by atoms with van der Waals surface area (Å²) in [7, 11) is 0. The van der Waals surface area contributed by atoms with Gasteiger partial charge in [0.2, 0.25) is 5.91 Å². The number of nitro benzene ring substituents is 1. The summed E-state index contributed by atoms with van der Waals surface area (Å²) in [6, 6.07) is 4.71. The predicted octanol–water partition coefficient (Wildman–Crippen LogP) is 4.83. The number of nitrogens with one attached hydrogen (secondary N) is 1. The number of carbonyl (C=O) groups excluding carboxylic acids is 1. The highest BCUT2D eigenvalue weighted by Gasteiger charge is 2.62. The molecule has 4 bridgehead atoms. The lowest BCUT2D eigenvalue weighted by Crippen LogP contribution is -2.59. The Balaban J connectivity index is 1.47. The molecule has 2 unspecified atom stereocenters. The van der Waals surface area contributed by atoms with E-state index in [4.69, 9.17) is 4.74 Å². The molecule has 1 aromatic rings. The normalized spacial score (nSPS) is 34.3. The lowest BCUT2D eigenvalue weighted by molar-refractivity contribution is -0.385. The van der Waals surface area contributed by atoms with Crippen molar-refractivity contribution in [2.45, 2.75) is 65.7 Å². The van der Waals surface area contributed by atoms with Crippen molar-refractivity contribution in [2.75, 3.05) is 6.61 Å². The molecule has 5 rings (SSSR count). The zero-order valence-corrected chi connectivity index (χ0v) is 18.1. The van der Waals surface area contributed by atoms with Crippen molar-refractivity contribution in [3.05, 3.63) is 33.9 Å². The van der Waals surface area contributed by atoms with Gasteiger partial charge in [-0.05, 0) is 73.8 Å². The first-order valence-corrected chi connectivity index (χ1v) is 10.9. The van der Waals surface area contributed by atoms with E-state index in [1.54, 1.807) is 12.1 Å². The third-order valence-corrected chi connectivity index (χ3v) is 7.13. The number of hydrazone groups is 1. The van der Waals surface area contributed by atoms with Gasteiger partial charge in [0, 0.05) is 11.6 Å². The molecule has 4 saturated carbocycles. The summed E-state index contributed by atoms with van der Waals surface area (Å²) in [5.74, 6) is 0.875. The summed E-state index contributed by atoms with van der Waals surface area (Å²) in [6.07, 6.45) is 8.74. The maximum absolute atomic E-state index is 13.2. The summed E-state index contributed by atoms with van der Waals surface area (Å²) >= 11 is 0. The number of hydrogen-bond donors (Lipinski definition) is 1. The van der Waals surface area contributed by atoms with Crippen LogP contribution in [-0.4, -0.2) is 23.7 Å². The van der Waals surface area contributed by atoms with Gasteiger partial charge in [-0.3, -0.25) is 14.9 Å². The second-order valence-electron chi connectivity index (χ2n) is 10.4. The Labute approximate surface area is 177 Å². The first-order chi connectivity index (χ1) is 14.2. The molecule has 162 valence electrons. The van der Waals surface area contributed by atoms with Gasteiger partial charge in [-0.2, -0.15) is 5.10 Å². The van der Waals surface area contributed by atoms with E-state index in [1.165, 1.54) is 31.5 Å². The zero-order valence-electron chi connectivity index (χ0n) is 18.1. The summed E-state index contributed by atoms with van der Waals surface area (Å²) in [4.78, 5) is 24.1. The van der Waals surface area contributed by atoms with E-state index in [0.717, 1.165) is 25.7 Å². The van der Waals surface area contributed by atoms with Crippen molar-refractivity contribution in [3.63, 3.8) is 0 Å². The molecule has 1 N–H and O–H groups in total. The zero-order chi connectivity index (χ0) is 21.6. The lowest BCUT2D eigenvalue weighted by Gasteiger charge is -2.64. The van der Waals surface area contributed by atoms with Gasteiger partial charge in [0.25, 0.3) is 0 Å². The number of carbonyl (C=O) groups is 1. The Bertz CT molecular complexity index is 878. The van der Waals surface area contributed by atoms with Crippen molar-refractivity contribution >= 4 is 17.8 Å². The highest BCUT2D eigenvalue weighted by Crippen LogP contribution is 2.69. The molecule has 30 heavy (non-hydrogen) atoms. The van der Waals surface area contributed by atoms with Gasteiger partial charge in [0.1, 0.15) is 0 Å². The average molecular weight is 414 g/mol. The second-order valence-corrected chi connectivity index (χ2v) is 10.4. The molecule has 0 aromatic heterocycles. The lowest BCUT2D eigenvalue weighted by atomic mass is 9.40. The minimum Gasteiger partial charge on any atom is -0.487 e. The molecule has 7 nitrogen and oxygen atoms in total. The fraction of sp³-hybridized carbons (Fsp3) is 0.652. The molecule has 7 heteroatoms. The molecule has 1 amide bonds. The Hall–Kier alpha value is -2.44. The number of ether oxygens (including phenoxy) is 1. The average Bonchev–Trinajstić information content (AvgIpc) is 2.63. The van der Waals surface area contributed by atoms with E-state index in [2.05, 4.69) is 24.4 Å². The maximum atomic E-state index is 13.2. The molecule has 0 aliphatic heterocycles.